The molecule has 5 heteroatoms. The van der Waals surface area contributed by atoms with Crippen LogP contribution in [0.3, 0.4) is 0 Å². The Kier molecular flexibility index (Phi) is 5.88. The zero-order chi connectivity index (χ0) is 13.5. The highest BCUT2D eigenvalue weighted by Gasteiger charge is 2.06. The number of hydrazine groups is 1. The van der Waals surface area contributed by atoms with Crippen LogP contribution in [0.25, 0.3) is 6.08 Å². The molecule has 1 amide bonds. The van der Waals surface area contributed by atoms with Crippen molar-refractivity contribution in [1.29, 1.82) is 0 Å². The van der Waals surface area contributed by atoms with Crippen LogP contribution in [-0.2, 0) is 4.79 Å². The van der Waals surface area contributed by atoms with Gasteiger partial charge in [0.15, 0.2) is 0 Å². The second kappa shape index (κ2) is 7.18. The van der Waals surface area contributed by atoms with Crippen LogP contribution < -0.4 is 16.2 Å². The minimum Gasteiger partial charge on any atom is -0.371 e. The molecule has 0 aliphatic rings. The SMILES string of the molecule is CCN(CC)c1ccc(C=CC(=O)NN)cc1Br. The maximum atomic E-state index is 11.0. The van der Waals surface area contributed by atoms with Gasteiger partial charge in [-0.25, -0.2) is 5.84 Å². The number of carbonyl (C=O) groups excluding carboxylic acids is 1. The quantitative estimate of drug-likeness (QED) is 0.380. The highest BCUT2D eigenvalue weighted by molar-refractivity contribution is 9.10. The molecule has 0 saturated heterocycles. The molecule has 0 bridgehead atoms. The molecular weight excluding hydrogens is 294 g/mol. The van der Waals surface area contributed by atoms with Crippen molar-refractivity contribution >= 4 is 33.6 Å². The normalized spacial score (nSPS) is 10.7. The maximum Gasteiger partial charge on any atom is 0.257 e. The molecule has 0 saturated carbocycles. The number of nitrogens with two attached hydrogens (primary N) is 1. The summed E-state index contributed by atoms with van der Waals surface area (Å²) in [7, 11) is 0. The molecule has 1 rings (SSSR count). The van der Waals surface area contributed by atoms with Crippen LogP contribution in [0, 0.1) is 0 Å². The Morgan fingerprint density at radius 2 is 2.11 bits per heavy atom. The fourth-order valence-corrected chi connectivity index (χ4v) is 2.31. The number of hydrogen-bond acceptors (Lipinski definition) is 3. The van der Waals surface area contributed by atoms with Gasteiger partial charge in [-0.05, 0) is 53.5 Å². The Balaban J connectivity index is 2.92. The number of hydrogen-bond donors (Lipinski definition) is 2. The van der Waals surface area contributed by atoms with Crippen molar-refractivity contribution < 1.29 is 4.79 Å². The third-order valence-electron chi connectivity index (χ3n) is 2.65. The summed E-state index contributed by atoms with van der Waals surface area (Å²) in [6.07, 6.45) is 3.12. The summed E-state index contributed by atoms with van der Waals surface area (Å²) in [4.78, 5) is 13.2. The molecule has 0 aliphatic heterocycles. The third-order valence-corrected chi connectivity index (χ3v) is 3.28. The van der Waals surface area contributed by atoms with Gasteiger partial charge in [-0.3, -0.25) is 10.2 Å². The van der Waals surface area contributed by atoms with Crippen LogP contribution in [-0.4, -0.2) is 19.0 Å². The molecule has 1 aromatic rings. The van der Waals surface area contributed by atoms with Gasteiger partial charge in [-0.1, -0.05) is 6.07 Å². The smallest absolute Gasteiger partial charge is 0.257 e. The lowest BCUT2D eigenvalue weighted by Gasteiger charge is -2.22. The van der Waals surface area contributed by atoms with E-state index in [9.17, 15) is 4.79 Å². The molecule has 0 unspecified atom stereocenters. The Bertz CT molecular complexity index is 442. The number of anilines is 1. The largest absolute Gasteiger partial charge is 0.371 e. The fraction of sp³-hybridized carbons (Fsp3) is 0.308. The van der Waals surface area contributed by atoms with Gasteiger partial charge in [0, 0.05) is 23.6 Å². The van der Waals surface area contributed by atoms with E-state index in [-0.39, 0.29) is 5.91 Å². The van der Waals surface area contributed by atoms with Crippen molar-refractivity contribution in [2.45, 2.75) is 13.8 Å². The molecule has 18 heavy (non-hydrogen) atoms. The second-order valence-corrected chi connectivity index (χ2v) is 4.58. The molecule has 3 N–H and O–H groups in total. The van der Waals surface area contributed by atoms with Gasteiger partial charge in [0.1, 0.15) is 0 Å². The topological polar surface area (TPSA) is 58.4 Å². The molecular formula is C13H18BrN3O. The standard InChI is InChI=1S/C13H18BrN3O/c1-3-17(4-2)12-7-5-10(9-11(12)14)6-8-13(18)16-15/h5-9H,3-4,15H2,1-2H3,(H,16,18). The maximum absolute atomic E-state index is 11.0. The molecule has 98 valence electrons. The van der Waals surface area contributed by atoms with Crippen LogP contribution in [0.15, 0.2) is 28.7 Å². The summed E-state index contributed by atoms with van der Waals surface area (Å²) in [5.41, 5.74) is 4.15. The first kappa shape index (κ1) is 14.7. The molecule has 4 nitrogen and oxygen atoms in total. The molecule has 0 aliphatic carbocycles. The number of benzene rings is 1. The summed E-state index contributed by atoms with van der Waals surface area (Å²) >= 11 is 3.55. The molecule has 0 spiro atoms. The summed E-state index contributed by atoms with van der Waals surface area (Å²) < 4.78 is 1.02. The molecule has 1 aromatic carbocycles. The number of amides is 1. The van der Waals surface area contributed by atoms with Crippen LogP contribution in [0.4, 0.5) is 5.69 Å². The predicted octanol–water partition coefficient (Wildman–Crippen LogP) is 2.30. The highest BCUT2D eigenvalue weighted by atomic mass is 79.9. The molecule has 0 heterocycles. The third kappa shape index (κ3) is 3.85. The lowest BCUT2D eigenvalue weighted by molar-refractivity contribution is -0.116. The first-order valence-electron chi connectivity index (χ1n) is 5.85. The lowest BCUT2D eigenvalue weighted by Crippen LogP contribution is -2.27. The fourth-order valence-electron chi connectivity index (χ4n) is 1.67. The number of nitrogens with one attached hydrogen (secondary N) is 1. The van der Waals surface area contributed by atoms with Crippen LogP contribution in [0.5, 0.6) is 0 Å². The van der Waals surface area contributed by atoms with Gasteiger partial charge in [0.25, 0.3) is 5.91 Å². The summed E-state index contributed by atoms with van der Waals surface area (Å²) in [5, 5.41) is 0. The van der Waals surface area contributed by atoms with Crippen LogP contribution in [0.2, 0.25) is 0 Å². The lowest BCUT2D eigenvalue weighted by atomic mass is 10.2. The summed E-state index contributed by atoms with van der Waals surface area (Å²) in [5.74, 6) is 4.68. The van der Waals surface area contributed by atoms with Crippen molar-refractivity contribution in [1.82, 2.24) is 5.43 Å². The minimum atomic E-state index is -0.320. The average molecular weight is 312 g/mol. The Morgan fingerprint density at radius 3 is 2.61 bits per heavy atom. The molecule has 0 aromatic heterocycles. The van der Waals surface area contributed by atoms with E-state index in [4.69, 9.17) is 5.84 Å². The van der Waals surface area contributed by atoms with Crippen LogP contribution in [0.1, 0.15) is 19.4 Å². The van der Waals surface area contributed by atoms with Crippen molar-refractivity contribution in [2.75, 3.05) is 18.0 Å². The van der Waals surface area contributed by atoms with E-state index in [0.29, 0.717) is 0 Å². The first-order valence-corrected chi connectivity index (χ1v) is 6.64. The van der Waals surface area contributed by atoms with Gasteiger partial charge >= 0.3 is 0 Å². The van der Waals surface area contributed by atoms with E-state index in [1.165, 1.54) is 6.08 Å². The average Bonchev–Trinajstić information content (AvgIpc) is 2.39. The van der Waals surface area contributed by atoms with E-state index in [1.807, 2.05) is 18.2 Å². The summed E-state index contributed by atoms with van der Waals surface area (Å²) in [6.45, 7) is 6.16. The van der Waals surface area contributed by atoms with E-state index in [0.717, 1.165) is 28.8 Å². The van der Waals surface area contributed by atoms with E-state index in [2.05, 4.69) is 40.1 Å². The predicted molar refractivity (Wildman–Crippen MR) is 79.1 cm³/mol. The van der Waals surface area contributed by atoms with Crippen molar-refractivity contribution in [2.24, 2.45) is 5.84 Å². The zero-order valence-electron chi connectivity index (χ0n) is 10.6. The van der Waals surface area contributed by atoms with Gasteiger partial charge in [0.05, 0.1) is 5.69 Å². The van der Waals surface area contributed by atoms with E-state index < -0.39 is 0 Å². The van der Waals surface area contributed by atoms with Crippen LogP contribution >= 0.6 is 15.9 Å². The monoisotopic (exact) mass is 311 g/mol. The Labute approximate surface area is 116 Å². The second-order valence-electron chi connectivity index (χ2n) is 3.73. The van der Waals surface area contributed by atoms with Gasteiger partial charge in [-0.2, -0.15) is 0 Å². The molecule has 0 atom stereocenters. The first-order chi connectivity index (χ1) is 8.62. The van der Waals surface area contributed by atoms with Crippen molar-refractivity contribution in [3.05, 3.63) is 34.3 Å². The Hall–Kier alpha value is -1.33. The Morgan fingerprint density at radius 1 is 1.44 bits per heavy atom. The van der Waals surface area contributed by atoms with Gasteiger partial charge < -0.3 is 4.90 Å². The van der Waals surface area contributed by atoms with Crippen molar-refractivity contribution in [3.8, 4) is 0 Å². The van der Waals surface area contributed by atoms with Gasteiger partial charge in [-0.15, -0.1) is 0 Å². The van der Waals surface area contributed by atoms with Crippen molar-refractivity contribution in [3.63, 3.8) is 0 Å². The zero-order valence-corrected chi connectivity index (χ0v) is 12.2. The number of rotatable bonds is 5. The number of carbonyl (C=O) groups is 1. The molecule has 0 radical (unpaired) electrons. The minimum absolute atomic E-state index is 0.320. The van der Waals surface area contributed by atoms with E-state index in [1.54, 1.807) is 6.08 Å². The number of nitrogens with zero attached hydrogens (tertiary/aromatic N) is 1. The molecule has 0 fully saturated rings. The number of halogens is 1. The van der Waals surface area contributed by atoms with E-state index >= 15 is 0 Å². The highest BCUT2D eigenvalue weighted by Crippen LogP contribution is 2.27. The van der Waals surface area contributed by atoms with Gasteiger partial charge in [0.2, 0.25) is 0 Å². The summed E-state index contributed by atoms with van der Waals surface area (Å²) in [6, 6.07) is 5.99.